The van der Waals surface area contributed by atoms with Gasteiger partial charge in [0, 0.05) is 52.9 Å². The summed E-state index contributed by atoms with van der Waals surface area (Å²) in [7, 11) is 0. The summed E-state index contributed by atoms with van der Waals surface area (Å²) in [5.74, 6) is 0. The molecule has 0 aromatic rings. The summed E-state index contributed by atoms with van der Waals surface area (Å²) in [6, 6.07) is 0. The van der Waals surface area contributed by atoms with Gasteiger partial charge in [-0.2, -0.15) is 0 Å². The first-order valence-electron chi connectivity index (χ1n) is 9.40. The van der Waals surface area contributed by atoms with E-state index < -0.39 is 0 Å². The van der Waals surface area contributed by atoms with Crippen LogP contribution in [-0.4, -0.2) is 64.6 Å². The Labute approximate surface area is 149 Å². The van der Waals surface area contributed by atoms with Crippen molar-refractivity contribution in [2.45, 2.75) is 72.0 Å². The summed E-state index contributed by atoms with van der Waals surface area (Å²) in [4.78, 5) is 0. The average Bonchev–Trinajstić information content (AvgIpc) is 2.49. The summed E-state index contributed by atoms with van der Waals surface area (Å²) >= 11 is 0. The Morgan fingerprint density at radius 2 is 0.958 bits per heavy atom. The molecule has 0 amide bonds. The molecule has 0 bridgehead atoms. The van der Waals surface area contributed by atoms with Gasteiger partial charge in [-0.25, -0.2) is 0 Å². The fourth-order valence-corrected chi connectivity index (χ4v) is 1.85. The van der Waals surface area contributed by atoms with Crippen LogP contribution in [0.3, 0.4) is 0 Å². The molecule has 0 radical (unpaired) electrons. The lowest BCUT2D eigenvalue weighted by atomic mass is 10.2. The topological polar surface area (TPSA) is 46.2 Å². The standard InChI is InChI=1S/C19H40O5/c1-18(2)23-16-8-14-21-12-6-10-20-11-7-13-22-15-9-17-24-19(3,4)5/h18H,6-17H2,1-5H3. The number of hydrogen-bond donors (Lipinski definition) is 0. The molecule has 0 unspecified atom stereocenters. The third kappa shape index (κ3) is 21.8. The van der Waals surface area contributed by atoms with E-state index in [1.165, 1.54) is 0 Å². The van der Waals surface area contributed by atoms with E-state index in [0.717, 1.165) is 78.5 Å². The highest BCUT2D eigenvalue weighted by Gasteiger charge is 2.08. The summed E-state index contributed by atoms with van der Waals surface area (Å²) in [5, 5.41) is 0. The van der Waals surface area contributed by atoms with E-state index >= 15 is 0 Å². The molecule has 0 N–H and O–H groups in total. The highest BCUT2D eigenvalue weighted by Crippen LogP contribution is 2.06. The first kappa shape index (κ1) is 23.8. The van der Waals surface area contributed by atoms with Gasteiger partial charge in [0.1, 0.15) is 0 Å². The van der Waals surface area contributed by atoms with E-state index in [1.54, 1.807) is 0 Å². The molecule has 0 heterocycles. The highest BCUT2D eigenvalue weighted by molar-refractivity contribution is 4.58. The summed E-state index contributed by atoms with van der Waals surface area (Å²) in [6.45, 7) is 16.3. The van der Waals surface area contributed by atoms with Crippen LogP contribution in [0.1, 0.15) is 60.3 Å². The molecule has 0 fully saturated rings. The van der Waals surface area contributed by atoms with Gasteiger partial charge >= 0.3 is 0 Å². The van der Waals surface area contributed by atoms with Crippen LogP contribution in [0.2, 0.25) is 0 Å². The van der Waals surface area contributed by atoms with Crippen molar-refractivity contribution in [2.75, 3.05) is 52.9 Å². The fourth-order valence-electron chi connectivity index (χ4n) is 1.85. The second-order valence-electron chi connectivity index (χ2n) is 7.13. The lowest BCUT2D eigenvalue weighted by molar-refractivity contribution is -0.0150. The van der Waals surface area contributed by atoms with Crippen molar-refractivity contribution < 1.29 is 23.7 Å². The van der Waals surface area contributed by atoms with Gasteiger partial charge in [0.25, 0.3) is 0 Å². The number of hydrogen-bond acceptors (Lipinski definition) is 5. The molecule has 0 saturated carbocycles. The van der Waals surface area contributed by atoms with Crippen LogP contribution in [-0.2, 0) is 23.7 Å². The van der Waals surface area contributed by atoms with Gasteiger partial charge in [-0.1, -0.05) is 0 Å². The summed E-state index contributed by atoms with van der Waals surface area (Å²) in [5.41, 5.74) is -0.0561. The van der Waals surface area contributed by atoms with Crippen LogP contribution in [0.4, 0.5) is 0 Å². The maximum Gasteiger partial charge on any atom is 0.0598 e. The van der Waals surface area contributed by atoms with Crippen molar-refractivity contribution in [1.29, 1.82) is 0 Å². The van der Waals surface area contributed by atoms with E-state index in [2.05, 4.69) is 20.8 Å². The zero-order valence-corrected chi connectivity index (χ0v) is 16.6. The van der Waals surface area contributed by atoms with E-state index in [-0.39, 0.29) is 5.60 Å². The normalized spacial score (nSPS) is 12.2. The first-order valence-corrected chi connectivity index (χ1v) is 9.40. The fraction of sp³-hybridized carbons (Fsp3) is 1.00. The van der Waals surface area contributed by atoms with Gasteiger partial charge in [0.2, 0.25) is 0 Å². The highest BCUT2D eigenvalue weighted by atomic mass is 16.5. The Hall–Kier alpha value is -0.200. The Kier molecular flexibility index (Phi) is 16.1. The summed E-state index contributed by atoms with van der Waals surface area (Å²) in [6.07, 6.45) is 4.08. The molecule has 0 aromatic heterocycles. The zero-order valence-electron chi connectivity index (χ0n) is 16.6. The second-order valence-corrected chi connectivity index (χ2v) is 7.13. The molecule has 0 spiro atoms. The minimum atomic E-state index is -0.0561. The third-order valence-corrected chi connectivity index (χ3v) is 3.01. The SMILES string of the molecule is CC(C)OCCCOCCCOCCCOCCCOC(C)(C)C. The van der Waals surface area contributed by atoms with Crippen molar-refractivity contribution in [1.82, 2.24) is 0 Å². The predicted molar refractivity (Wildman–Crippen MR) is 97.7 cm³/mol. The molecular weight excluding hydrogens is 308 g/mol. The summed E-state index contributed by atoms with van der Waals surface area (Å²) < 4.78 is 27.7. The Bertz CT molecular complexity index is 251. The van der Waals surface area contributed by atoms with E-state index in [4.69, 9.17) is 23.7 Å². The molecule has 0 aliphatic heterocycles. The molecule has 24 heavy (non-hydrogen) atoms. The number of rotatable bonds is 17. The van der Waals surface area contributed by atoms with Gasteiger partial charge in [0.15, 0.2) is 0 Å². The van der Waals surface area contributed by atoms with Crippen molar-refractivity contribution in [3.63, 3.8) is 0 Å². The van der Waals surface area contributed by atoms with Crippen molar-refractivity contribution in [3.8, 4) is 0 Å². The molecule has 5 nitrogen and oxygen atoms in total. The van der Waals surface area contributed by atoms with Crippen LogP contribution in [0.15, 0.2) is 0 Å². The van der Waals surface area contributed by atoms with Crippen LogP contribution >= 0.6 is 0 Å². The molecule has 0 aromatic carbocycles. The smallest absolute Gasteiger partial charge is 0.0598 e. The molecule has 0 aliphatic rings. The van der Waals surface area contributed by atoms with Gasteiger partial charge < -0.3 is 23.7 Å². The van der Waals surface area contributed by atoms with Crippen LogP contribution < -0.4 is 0 Å². The third-order valence-electron chi connectivity index (χ3n) is 3.01. The maximum absolute atomic E-state index is 5.63. The lowest BCUT2D eigenvalue weighted by Crippen LogP contribution is -2.20. The van der Waals surface area contributed by atoms with Crippen molar-refractivity contribution in [3.05, 3.63) is 0 Å². The Morgan fingerprint density at radius 3 is 1.33 bits per heavy atom. The van der Waals surface area contributed by atoms with E-state index in [1.807, 2.05) is 13.8 Å². The first-order chi connectivity index (χ1) is 11.4. The molecule has 0 saturated heterocycles. The van der Waals surface area contributed by atoms with Crippen LogP contribution in [0.25, 0.3) is 0 Å². The molecule has 0 aliphatic carbocycles. The molecule has 0 atom stereocenters. The molecule has 0 rings (SSSR count). The molecule has 5 heteroatoms. The minimum Gasteiger partial charge on any atom is -0.381 e. The van der Waals surface area contributed by atoms with Gasteiger partial charge in [-0.05, 0) is 60.3 Å². The van der Waals surface area contributed by atoms with Gasteiger partial charge in [-0.15, -0.1) is 0 Å². The van der Waals surface area contributed by atoms with E-state index in [0.29, 0.717) is 6.10 Å². The van der Waals surface area contributed by atoms with Gasteiger partial charge in [0.05, 0.1) is 11.7 Å². The maximum atomic E-state index is 5.63. The second kappa shape index (κ2) is 16.3. The monoisotopic (exact) mass is 348 g/mol. The van der Waals surface area contributed by atoms with Gasteiger partial charge in [-0.3, -0.25) is 0 Å². The molecule has 146 valence electrons. The number of ether oxygens (including phenoxy) is 5. The molecular formula is C19H40O5. The predicted octanol–water partition coefficient (Wildman–Crippen LogP) is 3.84. The van der Waals surface area contributed by atoms with Crippen molar-refractivity contribution in [2.24, 2.45) is 0 Å². The minimum absolute atomic E-state index is 0.0561. The average molecular weight is 349 g/mol. The van der Waals surface area contributed by atoms with Crippen LogP contribution in [0, 0.1) is 0 Å². The largest absolute Gasteiger partial charge is 0.381 e. The Balaban J connectivity index is 3.03. The van der Waals surface area contributed by atoms with Crippen LogP contribution in [0.5, 0.6) is 0 Å². The quantitative estimate of drug-likeness (QED) is 0.374. The lowest BCUT2D eigenvalue weighted by Gasteiger charge is -2.19. The van der Waals surface area contributed by atoms with Crippen molar-refractivity contribution >= 4 is 0 Å². The Morgan fingerprint density at radius 1 is 0.583 bits per heavy atom. The van der Waals surface area contributed by atoms with E-state index in [9.17, 15) is 0 Å². The zero-order chi connectivity index (χ0) is 18.1.